The highest BCUT2D eigenvalue weighted by Crippen LogP contribution is 2.13. The molecule has 0 fully saturated rings. The lowest BCUT2D eigenvalue weighted by molar-refractivity contribution is -0.870. The van der Waals surface area contributed by atoms with E-state index in [9.17, 15) is 19.5 Å². The Bertz CT molecular complexity index is 1150. The number of aliphatic carboxylic acids is 1. The summed E-state index contributed by atoms with van der Waals surface area (Å²) >= 11 is 0. The quantitative estimate of drug-likeness (QED) is 0.0197. The lowest BCUT2D eigenvalue weighted by Gasteiger charge is -2.26. The van der Waals surface area contributed by atoms with E-state index in [0.717, 1.165) is 96.3 Å². The van der Waals surface area contributed by atoms with Gasteiger partial charge < -0.3 is 33.3 Å². The molecule has 0 N–H and O–H groups in total. The standard InChI is InChI=1S/C50H87NO8/c1-6-8-10-12-14-16-18-20-22-23-24-25-27-29-31-33-35-37-39-41-48(53)59-46(45-58-50(49(54)55)56-43-42-51(3,4)5)44-57-47(52)40-38-36-34-32-30-28-26-21-19-17-15-13-11-9-7-2/h14-17,20-22,24-26,46,50H,6-13,18-19,23,27-45H2,1-5H3/b16-14-,17-15-,22-20-,25-24-,26-21-. The van der Waals surface area contributed by atoms with Crippen LogP contribution in [0.2, 0.25) is 0 Å². The average molecular weight is 830 g/mol. The van der Waals surface area contributed by atoms with E-state index < -0.39 is 24.3 Å². The fourth-order valence-corrected chi connectivity index (χ4v) is 6.04. The number of rotatable bonds is 42. The fraction of sp³-hybridized carbons (Fsp3) is 0.740. The molecule has 0 aromatic heterocycles. The Morgan fingerprint density at radius 3 is 1.36 bits per heavy atom. The van der Waals surface area contributed by atoms with Crippen molar-refractivity contribution >= 4 is 17.9 Å². The summed E-state index contributed by atoms with van der Waals surface area (Å²) in [6.07, 6.45) is 46.7. The summed E-state index contributed by atoms with van der Waals surface area (Å²) in [5, 5.41) is 11.7. The van der Waals surface area contributed by atoms with Gasteiger partial charge in [0.2, 0.25) is 0 Å². The van der Waals surface area contributed by atoms with Gasteiger partial charge in [-0.25, -0.2) is 0 Å². The number of nitrogens with zero attached hydrogens (tertiary/aromatic N) is 1. The first-order chi connectivity index (χ1) is 28.6. The van der Waals surface area contributed by atoms with Gasteiger partial charge in [0, 0.05) is 12.8 Å². The van der Waals surface area contributed by atoms with Crippen LogP contribution in [0.4, 0.5) is 0 Å². The summed E-state index contributed by atoms with van der Waals surface area (Å²) in [6.45, 7) is 4.64. The molecule has 0 aliphatic heterocycles. The molecule has 9 heteroatoms. The second kappa shape index (κ2) is 41.7. The maximum Gasteiger partial charge on any atom is 0.306 e. The minimum atomic E-state index is -1.63. The van der Waals surface area contributed by atoms with E-state index in [4.69, 9.17) is 18.9 Å². The van der Waals surface area contributed by atoms with E-state index in [2.05, 4.69) is 74.6 Å². The first-order valence-corrected chi connectivity index (χ1v) is 23.4. The Hall–Kier alpha value is -3.01. The van der Waals surface area contributed by atoms with Gasteiger partial charge in [-0.1, -0.05) is 145 Å². The van der Waals surface area contributed by atoms with Gasteiger partial charge in [0.15, 0.2) is 12.4 Å². The molecule has 0 spiro atoms. The van der Waals surface area contributed by atoms with Crippen molar-refractivity contribution in [3.05, 3.63) is 60.8 Å². The van der Waals surface area contributed by atoms with Gasteiger partial charge >= 0.3 is 11.9 Å². The Labute approximate surface area is 361 Å². The minimum Gasteiger partial charge on any atom is -0.545 e. The minimum absolute atomic E-state index is 0.140. The number of carboxylic acid groups (broad SMARTS) is 1. The SMILES string of the molecule is CCCCC/C=C\C/C=C\C/C=C\CCCCCCCCC(=O)OC(COC(=O)CCCCCCC/C=C\C/C=C\CCCCC)COC(OCC[N+](C)(C)C)C(=O)[O-]. The fourth-order valence-electron chi connectivity index (χ4n) is 6.04. The van der Waals surface area contributed by atoms with Crippen molar-refractivity contribution in [2.24, 2.45) is 0 Å². The normalized spacial score (nSPS) is 13.4. The molecule has 0 bridgehead atoms. The molecule has 0 heterocycles. The van der Waals surface area contributed by atoms with Crippen LogP contribution in [0.15, 0.2) is 60.8 Å². The van der Waals surface area contributed by atoms with Crippen LogP contribution in [-0.2, 0) is 33.3 Å². The van der Waals surface area contributed by atoms with Gasteiger partial charge in [0.25, 0.3) is 0 Å². The maximum atomic E-state index is 12.8. The van der Waals surface area contributed by atoms with E-state index >= 15 is 0 Å². The number of hydrogen-bond donors (Lipinski definition) is 0. The van der Waals surface area contributed by atoms with E-state index in [1.165, 1.54) is 51.4 Å². The number of carboxylic acids is 1. The molecule has 0 radical (unpaired) electrons. The van der Waals surface area contributed by atoms with Crippen LogP contribution in [0, 0.1) is 0 Å². The number of esters is 2. The summed E-state index contributed by atoms with van der Waals surface area (Å²) in [6, 6.07) is 0. The van der Waals surface area contributed by atoms with Crippen molar-refractivity contribution in [2.45, 2.75) is 193 Å². The molecule has 2 unspecified atom stereocenters. The predicted octanol–water partition coefficient (Wildman–Crippen LogP) is 11.2. The van der Waals surface area contributed by atoms with Crippen molar-refractivity contribution in [1.82, 2.24) is 0 Å². The summed E-state index contributed by atoms with van der Waals surface area (Å²) < 4.78 is 22.5. The van der Waals surface area contributed by atoms with Crippen LogP contribution in [0.5, 0.6) is 0 Å². The largest absolute Gasteiger partial charge is 0.545 e. The summed E-state index contributed by atoms with van der Waals surface area (Å²) in [4.78, 5) is 37.0. The number of carbonyl (C=O) groups excluding carboxylic acids is 3. The lowest BCUT2D eigenvalue weighted by atomic mass is 10.1. The molecule has 0 aromatic carbocycles. The molecule has 0 aromatic rings. The van der Waals surface area contributed by atoms with Gasteiger partial charge in [0.05, 0.1) is 40.3 Å². The molecule has 0 rings (SSSR count). The molecule has 0 saturated carbocycles. The number of carbonyl (C=O) groups is 3. The third-order valence-corrected chi connectivity index (χ3v) is 9.74. The molecule has 59 heavy (non-hydrogen) atoms. The Morgan fingerprint density at radius 1 is 0.508 bits per heavy atom. The molecular formula is C50H87NO8. The van der Waals surface area contributed by atoms with Gasteiger partial charge in [0.1, 0.15) is 13.2 Å². The van der Waals surface area contributed by atoms with Crippen LogP contribution in [0.1, 0.15) is 181 Å². The van der Waals surface area contributed by atoms with Crippen molar-refractivity contribution in [3.8, 4) is 0 Å². The second-order valence-electron chi connectivity index (χ2n) is 16.7. The summed E-state index contributed by atoms with van der Waals surface area (Å²) in [5.74, 6) is -2.33. The zero-order valence-electron chi connectivity index (χ0n) is 38.4. The zero-order chi connectivity index (χ0) is 43.5. The van der Waals surface area contributed by atoms with Crippen LogP contribution in [0.3, 0.4) is 0 Å². The zero-order valence-corrected chi connectivity index (χ0v) is 38.4. The number of ether oxygens (including phenoxy) is 4. The number of likely N-dealkylation sites (N-methyl/N-ethyl adjacent to an activating group) is 1. The molecule has 0 saturated heterocycles. The van der Waals surface area contributed by atoms with Crippen LogP contribution in [-0.4, -0.2) is 82.3 Å². The van der Waals surface area contributed by atoms with E-state index in [0.29, 0.717) is 17.4 Å². The molecule has 0 aliphatic carbocycles. The van der Waals surface area contributed by atoms with Crippen molar-refractivity contribution in [2.75, 3.05) is 47.5 Å². The second-order valence-corrected chi connectivity index (χ2v) is 16.7. The first kappa shape index (κ1) is 56.0. The number of quaternary nitrogens is 1. The van der Waals surface area contributed by atoms with Gasteiger partial charge in [-0.2, -0.15) is 0 Å². The highest BCUT2D eigenvalue weighted by Gasteiger charge is 2.21. The Balaban J connectivity index is 4.47. The van der Waals surface area contributed by atoms with Crippen molar-refractivity contribution < 1.29 is 42.9 Å². The highest BCUT2D eigenvalue weighted by molar-refractivity contribution is 5.70. The maximum absolute atomic E-state index is 12.8. The smallest absolute Gasteiger partial charge is 0.306 e. The number of unbranched alkanes of at least 4 members (excludes halogenated alkanes) is 17. The molecule has 9 nitrogen and oxygen atoms in total. The monoisotopic (exact) mass is 830 g/mol. The van der Waals surface area contributed by atoms with Crippen LogP contribution in [0.25, 0.3) is 0 Å². The van der Waals surface area contributed by atoms with Crippen molar-refractivity contribution in [3.63, 3.8) is 0 Å². The third kappa shape index (κ3) is 42.9. The molecule has 2 atom stereocenters. The topological polar surface area (TPSA) is 111 Å². The first-order valence-electron chi connectivity index (χ1n) is 23.4. The molecule has 0 amide bonds. The van der Waals surface area contributed by atoms with E-state index in [-0.39, 0.29) is 38.6 Å². The van der Waals surface area contributed by atoms with E-state index in [1.807, 2.05) is 21.1 Å². The Kier molecular flexibility index (Phi) is 39.6. The van der Waals surface area contributed by atoms with E-state index in [1.54, 1.807) is 0 Å². The number of hydrogen-bond acceptors (Lipinski definition) is 8. The molecule has 0 aliphatic rings. The van der Waals surface area contributed by atoms with Crippen LogP contribution >= 0.6 is 0 Å². The van der Waals surface area contributed by atoms with Gasteiger partial charge in [-0.05, 0) is 83.5 Å². The number of allylic oxidation sites excluding steroid dienone is 10. The third-order valence-electron chi connectivity index (χ3n) is 9.74. The summed E-state index contributed by atoms with van der Waals surface area (Å²) in [5.41, 5.74) is 0. The van der Waals surface area contributed by atoms with Gasteiger partial charge in [-0.3, -0.25) is 9.59 Å². The van der Waals surface area contributed by atoms with Crippen LogP contribution < -0.4 is 5.11 Å². The highest BCUT2D eigenvalue weighted by atomic mass is 16.7. The Morgan fingerprint density at radius 2 is 0.915 bits per heavy atom. The average Bonchev–Trinajstić information content (AvgIpc) is 3.19. The van der Waals surface area contributed by atoms with Crippen molar-refractivity contribution in [1.29, 1.82) is 0 Å². The van der Waals surface area contributed by atoms with Gasteiger partial charge in [-0.15, -0.1) is 0 Å². The molecular weight excluding hydrogens is 743 g/mol. The lowest BCUT2D eigenvalue weighted by Crippen LogP contribution is -2.44. The predicted molar refractivity (Wildman–Crippen MR) is 242 cm³/mol. The molecule has 340 valence electrons. The summed E-state index contributed by atoms with van der Waals surface area (Å²) in [7, 11) is 5.89.